The number of carbonyl (C=O) groups is 8. The lowest BCUT2D eigenvalue weighted by Gasteiger charge is -2.27. The predicted octanol–water partition coefficient (Wildman–Crippen LogP) is 6.14. The zero-order chi connectivity index (χ0) is 35.5. The first-order valence-electron chi connectivity index (χ1n) is 16.0. The molecular weight excluding hydrogens is 1010 g/mol. The van der Waals surface area contributed by atoms with Crippen LogP contribution in [0, 0.1) is 23.7 Å². The number of ketones is 4. The Hall–Kier alpha value is -1.33. The lowest BCUT2D eigenvalue weighted by molar-refractivity contribution is -0.157. The maximum atomic E-state index is 12.0. The topological polar surface area (TPSA) is 258 Å². The lowest BCUT2D eigenvalue weighted by atomic mass is 9.85. The fourth-order valence-electron chi connectivity index (χ4n) is 6.56. The van der Waals surface area contributed by atoms with Crippen LogP contribution >= 0.6 is 61.2 Å². The number of aliphatic carboxylic acids is 3. The minimum Gasteiger partial charge on any atom is -0.481 e. The minimum atomic E-state index is -0.968. The van der Waals surface area contributed by atoms with Crippen molar-refractivity contribution in [3.8, 4) is 0 Å². The van der Waals surface area contributed by atoms with Gasteiger partial charge in [0.25, 0.3) is 0 Å². The molecule has 0 amide bonds. The summed E-state index contributed by atoms with van der Waals surface area (Å²) in [4.78, 5) is 90.2. The Morgan fingerprint density at radius 1 is 0.647 bits per heavy atom. The first kappa shape index (κ1) is 56.4. The molecule has 6 N–H and O–H groups in total. The van der Waals surface area contributed by atoms with Crippen LogP contribution in [-0.2, 0) is 43.1 Å². The number of rotatable bonds is 19. The number of esters is 1. The number of aliphatic hydroxyl groups excluding tert-OH is 1. The van der Waals surface area contributed by atoms with E-state index >= 15 is 0 Å². The molecule has 298 valence electrons. The normalized spacial score (nSPS) is 22.7. The number of hydrogen-bond acceptors (Lipinski definition) is 10. The highest BCUT2D eigenvalue weighted by Gasteiger charge is 2.46. The fourth-order valence-corrected chi connectivity index (χ4v) is 6.56. The maximum absolute atomic E-state index is 12.0. The number of fused-ring (bicyclic) bond motifs is 1. The largest absolute Gasteiger partial charge is 0.481 e. The van der Waals surface area contributed by atoms with E-state index < -0.39 is 35.8 Å². The van der Waals surface area contributed by atoms with Gasteiger partial charge in [-0.25, -0.2) is 0 Å². The molecule has 2 aliphatic carbocycles. The Morgan fingerprint density at radius 2 is 1.08 bits per heavy atom. The summed E-state index contributed by atoms with van der Waals surface area (Å²) >= 11 is 4.24. The van der Waals surface area contributed by atoms with Crippen LogP contribution in [0.5, 0.6) is 0 Å². The zero-order valence-corrected chi connectivity index (χ0v) is 34.0. The van der Waals surface area contributed by atoms with Crippen LogP contribution in [0.2, 0.25) is 0 Å². The SMILES string of the molecule is C.C.I.II.O.O=C(O)CCCCC(=O)CC[C@H]1C(=O)C[C@@H]2OC(=O)CC[C@@H]21.O=C(O)CCCCC(=O)CC[C@H]1C(=O)C[C@H](O)[C@@H]1CCC(=O)O. The molecule has 6 atom stereocenters. The van der Waals surface area contributed by atoms with E-state index in [0.29, 0.717) is 64.2 Å². The van der Waals surface area contributed by atoms with E-state index in [1.165, 1.54) is 0 Å². The van der Waals surface area contributed by atoms with Gasteiger partial charge in [0.15, 0.2) is 0 Å². The average molecular weight is 1070 g/mol. The molecule has 0 radical (unpaired) electrons. The Kier molecular flexibility index (Phi) is 34.4. The molecule has 0 aromatic carbocycles. The molecule has 1 heterocycles. The summed E-state index contributed by atoms with van der Waals surface area (Å²) in [6.45, 7) is 0. The van der Waals surface area contributed by atoms with Gasteiger partial charge in [-0.05, 0) is 57.3 Å². The van der Waals surface area contributed by atoms with Crippen LogP contribution in [0.25, 0.3) is 0 Å². The van der Waals surface area contributed by atoms with Gasteiger partial charge in [-0.3, -0.25) is 38.4 Å². The molecule has 0 bridgehead atoms. The van der Waals surface area contributed by atoms with Crippen LogP contribution in [0.1, 0.15) is 130 Å². The Balaban J connectivity index is -0.000000384. The highest BCUT2D eigenvalue weighted by molar-refractivity contribution is 15.0. The van der Waals surface area contributed by atoms with Crippen LogP contribution < -0.4 is 0 Å². The number of carboxylic acids is 3. The molecule has 2 saturated carbocycles. The molecule has 1 aliphatic heterocycles. The third-order valence-corrected chi connectivity index (χ3v) is 8.96. The molecular formula is C34H57I3O14. The van der Waals surface area contributed by atoms with Crippen molar-refractivity contribution in [1.82, 2.24) is 0 Å². The molecule has 0 aromatic rings. The molecule has 0 aromatic heterocycles. The summed E-state index contributed by atoms with van der Waals surface area (Å²) in [6.07, 6.45) is 4.60. The number of ether oxygens (including phenoxy) is 1. The van der Waals surface area contributed by atoms with Crippen LogP contribution in [0.15, 0.2) is 0 Å². The average Bonchev–Trinajstić information content (AvgIpc) is 3.47. The highest BCUT2D eigenvalue weighted by Crippen LogP contribution is 2.40. The van der Waals surface area contributed by atoms with E-state index in [1.54, 1.807) is 0 Å². The summed E-state index contributed by atoms with van der Waals surface area (Å²) in [5, 5.41) is 35.6. The highest BCUT2D eigenvalue weighted by atomic mass is 128. The quantitative estimate of drug-likeness (QED) is 0.0645. The van der Waals surface area contributed by atoms with E-state index in [4.69, 9.17) is 20.1 Å². The second-order valence-electron chi connectivity index (χ2n) is 12.3. The van der Waals surface area contributed by atoms with E-state index in [2.05, 4.69) is 37.2 Å². The van der Waals surface area contributed by atoms with Crippen molar-refractivity contribution in [2.75, 3.05) is 0 Å². The monoisotopic (exact) mass is 1070 g/mol. The van der Waals surface area contributed by atoms with Gasteiger partial charge >= 0.3 is 23.9 Å². The van der Waals surface area contributed by atoms with Crippen LogP contribution in [0.4, 0.5) is 0 Å². The van der Waals surface area contributed by atoms with E-state index in [-0.39, 0.29) is 143 Å². The predicted molar refractivity (Wildman–Crippen MR) is 216 cm³/mol. The van der Waals surface area contributed by atoms with Gasteiger partial charge in [-0.1, -0.05) is 14.9 Å². The summed E-state index contributed by atoms with van der Waals surface area (Å²) in [5.41, 5.74) is 0. The van der Waals surface area contributed by atoms with Gasteiger partial charge in [0.05, 0.1) is 6.10 Å². The molecule has 1 saturated heterocycles. The molecule has 14 nitrogen and oxygen atoms in total. The lowest BCUT2D eigenvalue weighted by Crippen LogP contribution is -2.31. The Labute approximate surface area is 341 Å². The molecule has 51 heavy (non-hydrogen) atoms. The number of Topliss-reactive ketones (excluding diaryl/α,β-unsaturated/α-hetero) is 4. The molecule has 0 spiro atoms. The zero-order valence-electron chi connectivity index (χ0n) is 27.3. The number of aliphatic hydroxyl groups is 1. The molecule has 3 fully saturated rings. The summed E-state index contributed by atoms with van der Waals surface area (Å²) in [6, 6.07) is 0. The molecule has 0 unspecified atom stereocenters. The van der Waals surface area contributed by atoms with Crippen molar-refractivity contribution in [2.24, 2.45) is 23.7 Å². The van der Waals surface area contributed by atoms with Crippen molar-refractivity contribution < 1.29 is 69.0 Å². The van der Waals surface area contributed by atoms with Crippen molar-refractivity contribution in [2.45, 2.75) is 143 Å². The summed E-state index contributed by atoms with van der Waals surface area (Å²) in [5.74, 6) is -3.82. The third kappa shape index (κ3) is 22.5. The van der Waals surface area contributed by atoms with Crippen LogP contribution in [0.3, 0.4) is 0 Å². The van der Waals surface area contributed by atoms with Gasteiger partial charge in [-0.15, -0.1) is 24.0 Å². The standard InChI is InChI=1S/C16H24O7.C16H22O6.2CH4.I2.HI.H2O/c17-10(3-1-2-4-15(20)21)5-6-11-12(7-8-16(22)23)14(19)9-13(11)18;17-10(3-1-2-4-15(19)20)5-6-11-12-7-8-16(21)22-14(12)9-13(11)18;;;1-2;;/h11-12,14,19H,1-9H2,(H,20,21)(H,22,23);11-12,14H,1-9H2,(H,19,20);2*1H4;;1H;1H2/t2*11-,12-,14+;;;;;/m11...../s1. The van der Waals surface area contributed by atoms with Crippen molar-refractivity contribution >= 4 is 108 Å². The Morgan fingerprint density at radius 3 is 1.55 bits per heavy atom. The van der Waals surface area contributed by atoms with Gasteiger partial charge < -0.3 is 30.6 Å². The van der Waals surface area contributed by atoms with Gasteiger partial charge in [0.2, 0.25) is 0 Å². The summed E-state index contributed by atoms with van der Waals surface area (Å²) < 4.78 is 5.22. The number of halogens is 3. The smallest absolute Gasteiger partial charge is 0.306 e. The summed E-state index contributed by atoms with van der Waals surface area (Å²) in [7, 11) is 0. The van der Waals surface area contributed by atoms with Gasteiger partial charge in [0, 0.05) is 119 Å². The van der Waals surface area contributed by atoms with Gasteiger partial charge in [0.1, 0.15) is 29.2 Å². The first-order valence-corrected chi connectivity index (χ1v) is 22.3. The number of carbonyl (C=O) groups excluding carboxylic acids is 5. The Bertz CT molecular complexity index is 1120. The van der Waals surface area contributed by atoms with Crippen LogP contribution in [-0.4, -0.2) is 85.1 Å². The number of carboxylic acid groups (broad SMARTS) is 3. The molecule has 17 heteroatoms. The number of hydrogen-bond donors (Lipinski definition) is 4. The van der Waals surface area contributed by atoms with Crippen molar-refractivity contribution in [3.63, 3.8) is 0 Å². The third-order valence-electron chi connectivity index (χ3n) is 8.96. The molecule has 3 aliphatic rings. The maximum Gasteiger partial charge on any atom is 0.306 e. The fraction of sp³-hybridized carbons (Fsp3) is 0.765. The molecule has 3 rings (SSSR count). The van der Waals surface area contributed by atoms with Crippen molar-refractivity contribution in [1.29, 1.82) is 0 Å². The second-order valence-corrected chi connectivity index (χ2v) is 12.3. The number of unbranched alkanes of at least 4 members (excludes halogenated alkanes) is 2. The second kappa shape index (κ2) is 31.1. The van der Waals surface area contributed by atoms with Gasteiger partial charge in [-0.2, -0.15) is 0 Å². The van der Waals surface area contributed by atoms with E-state index in [9.17, 15) is 43.5 Å². The van der Waals surface area contributed by atoms with E-state index in [1.807, 2.05) is 0 Å². The van der Waals surface area contributed by atoms with Crippen molar-refractivity contribution in [3.05, 3.63) is 0 Å². The first-order chi connectivity index (χ1) is 22.3. The van der Waals surface area contributed by atoms with E-state index in [0.717, 1.165) is 0 Å². The minimum absolute atomic E-state index is 0.